The molecule has 1 aromatic heterocycles. The van der Waals surface area contributed by atoms with Crippen LogP contribution in [0.1, 0.15) is 47.8 Å². The van der Waals surface area contributed by atoms with Crippen LogP contribution < -0.4 is 10.1 Å². The zero-order chi connectivity index (χ0) is 23.4. The van der Waals surface area contributed by atoms with Gasteiger partial charge in [0.15, 0.2) is 11.0 Å². The molecule has 0 atom stereocenters. The maximum Gasteiger partial charge on any atom is 0.234 e. The molecule has 0 fully saturated rings. The van der Waals surface area contributed by atoms with Crippen molar-refractivity contribution in [3.8, 4) is 5.75 Å². The van der Waals surface area contributed by atoms with E-state index >= 15 is 0 Å². The van der Waals surface area contributed by atoms with E-state index in [4.69, 9.17) is 4.74 Å². The van der Waals surface area contributed by atoms with E-state index < -0.39 is 0 Å². The van der Waals surface area contributed by atoms with Crippen molar-refractivity contribution in [3.05, 3.63) is 62.0 Å². The maximum absolute atomic E-state index is 12.5. The number of ether oxygens (including phenoxy) is 1. The predicted molar refractivity (Wildman–Crippen MR) is 139 cm³/mol. The number of carbonyl (C=O) groups is 1. The molecular formula is C24H29IN4O2S. The van der Waals surface area contributed by atoms with Crippen LogP contribution in [0.2, 0.25) is 0 Å². The first-order chi connectivity index (χ1) is 15.2. The normalized spacial score (nSPS) is 11.1. The van der Waals surface area contributed by atoms with Gasteiger partial charge in [-0.15, -0.1) is 10.2 Å². The Kier molecular flexibility index (Phi) is 8.21. The molecule has 0 bridgehead atoms. The Morgan fingerprint density at radius 3 is 2.50 bits per heavy atom. The molecule has 1 heterocycles. The number of nitrogens with one attached hydrogen (secondary N) is 1. The molecule has 8 heteroatoms. The minimum absolute atomic E-state index is 0.0652. The number of aromatic nitrogens is 3. The van der Waals surface area contributed by atoms with Gasteiger partial charge in [-0.3, -0.25) is 4.79 Å². The highest BCUT2D eigenvalue weighted by Gasteiger charge is 2.15. The second-order valence-electron chi connectivity index (χ2n) is 8.19. The standard InChI is InChI=1S/C24H29IN4O2S/c1-14(2)19-8-7-15(3)9-20(19)31-12-21-27-28-24(29(21)6)32-13-22(30)26-23-16(4)10-18(25)11-17(23)5/h7-11,14H,12-13H2,1-6H3,(H,26,30). The Balaban J connectivity index is 1.61. The molecule has 2 aromatic carbocycles. The molecule has 32 heavy (non-hydrogen) atoms. The number of hydrogen-bond acceptors (Lipinski definition) is 5. The molecule has 1 amide bonds. The summed E-state index contributed by atoms with van der Waals surface area (Å²) in [4.78, 5) is 12.5. The van der Waals surface area contributed by atoms with Gasteiger partial charge in [0, 0.05) is 16.3 Å². The largest absolute Gasteiger partial charge is 0.485 e. The average Bonchev–Trinajstić information content (AvgIpc) is 3.07. The van der Waals surface area contributed by atoms with Crippen molar-refractivity contribution in [3.63, 3.8) is 0 Å². The number of nitrogens with zero attached hydrogens (tertiary/aromatic N) is 3. The zero-order valence-corrected chi connectivity index (χ0v) is 22.3. The maximum atomic E-state index is 12.5. The number of amides is 1. The van der Waals surface area contributed by atoms with Gasteiger partial charge < -0.3 is 14.6 Å². The molecule has 1 N–H and O–H groups in total. The molecular weight excluding hydrogens is 535 g/mol. The van der Waals surface area contributed by atoms with Gasteiger partial charge in [0.05, 0.1) is 5.75 Å². The summed E-state index contributed by atoms with van der Waals surface area (Å²) < 4.78 is 9.12. The van der Waals surface area contributed by atoms with Crippen molar-refractivity contribution >= 4 is 45.9 Å². The molecule has 0 aliphatic heterocycles. The van der Waals surface area contributed by atoms with Crippen molar-refractivity contribution < 1.29 is 9.53 Å². The highest BCUT2D eigenvalue weighted by molar-refractivity contribution is 14.1. The minimum atomic E-state index is -0.0652. The molecule has 3 aromatic rings. The summed E-state index contributed by atoms with van der Waals surface area (Å²) in [5, 5.41) is 12.2. The van der Waals surface area contributed by atoms with Crippen LogP contribution >= 0.6 is 34.4 Å². The van der Waals surface area contributed by atoms with E-state index in [-0.39, 0.29) is 11.7 Å². The van der Waals surface area contributed by atoms with Crippen LogP contribution in [-0.4, -0.2) is 26.4 Å². The fraction of sp³-hybridized carbons (Fsp3) is 0.375. The summed E-state index contributed by atoms with van der Waals surface area (Å²) in [6.45, 7) is 10.7. The third-order valence-corrected chi connectivity index (χ3v) is 6.81. The summed E-state index contributed by atoms with van der Waals surface area (Å²) in [7, 11) is 1.89. The van der Waals surface area contributed by atoms with Crippen molar-refractivity contribution in [2.75, 3.05) is 11.1 Å². The first-order valence-electron chi connectivity index (χ1n) is 10.5. The van der Waals surface area contributed by atoms with E-state index in [9.17, 15) is 4.79 Å². The van der Waals surface area contributed by atoms with E-state index in [0.717, 1.165) is 31.7 Å². The monoisotopic (exact) mass is 564 g/mol. The molecule has 0 aliphatic carbocycles. The fourth-order valence-corrected chi connectivity index (χ4v) is 5.06. The molecule has 3 rings (SSSR count). The Bertz CT molecular complexity index is 1100. The molecule has 170 valence electrons. The number of aryl methyl sites for hydroxylation is 3. The lowest BCUT2D eigenvalue weighted by molar-refractivity contribution is -0.113. The van der Waals surface area contributed by atoms with Gasteiger partial charge in [-0.1, -0.05) is 37.7 Å². The Labute approximate surface area is 207 Å². The van der Waals surface area contributed by atoms with Gasteiger partial charge in [0.2, 0.25) is 5.91 Å². The zero-order valence-electron chi connectivity index (χ0n) is 19.3. The molecule has 0 saturated carbocycles. The third kappa shape index (κ3) is 6.04. The van der Waals surface area contributed by atoms with Gasteiger partial charge in [-0.25, -0.2) is 0 Å². The van der Waals surface area contributed by atoms with E-state index in [2.05, 4.69) is 89.2 Å². The molecule has 6 nitrogen and oxygen atoms in total. The highest BCUT2D eigenvalue weighted by Crippen LogP contribution is 2.28. The second-order valence-corrected chi connectivity index (χ2v) is 10.4. The number of anilines is 1. The quantitative estimate of drug-likeness (QED) is 0.278. The first kappa shape index (κ1) is 24.6. The summed E-state index contributed by atoms with van der Waals surface area (Å²) in [6.07, 6.45) is 0. The number of benzene rings is 2. The summed E-state index contributed by atoms with van der Waals surface area (Å²) in [5.74, 6) is 2.15. The number of rotatable bonds is 8. The van der Waals surface area contributed by atoms with E-state index in [1.54, 1.807) is 0 Å². The Morgan fingerprint density at radius 1 is 1.16 bits per heavy atom. The topological polar surface area (TPSA) is 69.0 Å². The van der Waals surface area contributed by atoms with Crippen LogP contribution in [0, 0.1) is 24.3 Å². The lowest BCUT2D eigenvalue weighted by atomic mass is 10.0. The van der Waals surface area contributed by atoms with Gasteiger partial charge in [-0.05, 0) is 89.7 Å². The smallest absolute Gasteiger partial charge is 0.234 e. The number of carbonyl (C=O) groups excluding carboxylic acids is 1. The van der Waals surface area contributed by atoms with E-state index in [1.807, 2.05) is 25.5 Å². The fourth-order valence-electron chi connectivity index (χ4n) is 3.40. The SMILES string of the molecule is Cc1ccc(C(C)C)c(OCc2nnc(SCC(=O)Nc3c(C)cc(I)cc3C)n2C)c1. The van der Waals surface area contributed by atoms with Crippen LogP contribution in [0.15, 0.2) is 35.5 Å². The number of halogens is 1. The summed E-state index contributed by atoms with van der Waals surface area (Å²) >= 11 is 3.65. The minimum Gasteiger partial charge on any atom is -0.485 e. The molecule has 0 saturated heterocycles. The van der Waals surface area contributed by atoms with Crippen molar-refractivity contribution in [1.82, 2.24) is 14.8 Å². The molecule has 0 unspecified atom stereocenters. The highest BCUT2D eigenvalue weighted by atomic mass is 127. The lowest BCUT2D eigenvalue weighted by Gasteiger charge is -2.14. The van der Waals surface area contributed by atoms with E-state index in [1.165, 1.54) is 17.3 Å². The van der Waals surface area contributed by atoms with Gasteiger partial charge in [-0.2, -0.15) is 0 Å². The van der Waals surface area contributed by atoms with Gasteiger partial charge >= 0.3 is 0 Å². The molecule has 0 aliphatic rings. The van der Waals surface area contributed by atoms with Crippen LogP contribution in [-0.2, 0) is 18.4 Å². The Hall–Kier alpha value is -2.07. The van der Waals surface area contributed by atoms with Crippen molar-refractivity contribution in [2.24, 2.45) is 7.05 Å². The van der Waals surface area contributed by atoms with Crippen LogP contribution in [0.5, 0.6) is 5.75 Å². The lowest BCUT2D eigenvalue weighted by Crippen LogP contribution is -2.16. The summed E-state index contributed by atoms with van der Waals surface area (Å²) in [5.41, 5.74) is 5.32. The first-order valence-corrected chi connectivity index (χ1v) is 12.5. The predicted octanol–water partition coefficient (Wildman–Crippen LogP) is 5.78. The van der Waals surface area contributed by atoms with Crippen LogP contribution in [0.3, 0.4) is 0 Å². The van der Waals surface area contributed by atoms with E-state index in [0.29, 0.717) is 23.5 Å². The van der Waals surface area contributed by atoms with Gasteiger partial charge in [0.25, 0.3) is 0 Å². The Morgan fingerprint density at radius 2 is 1.84 bits per heavy atom. The third-order valence-electron chi connectivity index (χ3n) is 5.17. The number of hydrogen-bond donors (Lipinski definition) is 1. The van der Waals surface area contributed by atoms with Crippen molar-refractivity contribution in [1.29, 1.82) is 0 Å². The van der Waals surface area contributed by atoms with Crippen LogP contribution in [0.25, 0.3) is 0 Å². The molecule has 0 radical (unpaired) electrons. The summed E-state index contributed by atoms with van der Waals surface area (Å²) in [6, 6.07) is 10.4. The van der Waals surface area contributed by atoms with Crippen LogP contribution in [0.4, 0.5) is 5.69 Å². The van der Waals surface area contributed by atoms with Gasteiger partial charge in [0.1, 0.15) is 12.4 Å². The molecule has 0 spiro atoms. The average molecular weight is 564 g/mol. The second kappa shape index (κ2) is 10.7. The van der Waals surface area contributed by atoms with Crippen molar-refractivity contribution in [2.45, 2.75) is 52.3 Å². The number of thioether (sulfide) groups is 1.